The number of hydrogen-bond acceptors (Lipinski definition) is 7. The first-order valence-electron chi connectivity index (χ1n) is 16.7. The molecule has 2 amide bonds. The van der Waals surface area contributed by atoms with Crippen molar-refractivity contribution in [3.05, 3.63) is 111 Å². The molecule has 0 spiro atoms. The second kappa shape index (κ2) is 14.3. The number of aromatic nitrogens is 3. The van der Waals surface area contributed by atoms with E-state index in [-0.39, 0.29) is 29.5 Å². The van der Waals surface area contributed by atoms with Crippen LogP contribution in [0.2, 0.25) is 5.02 Å². The van der Waals surface area contributed by atoms with E-state index in [1.54, 1.807) is 16.8 Å². The Kier molecular flexibility index (Phi) is 9.52. The van der Waals surface area contributed by atoms with Crippen LogP contribution in [0.15, 0.2) is 84.0 Å². The number of halogens is 1. The monoisotopic (exact) mass is 675 g/mol. The number of benzene rings is 2. The molecule has 11 heteroatoms. The van der Waals surface area contributed by atoms with Crippen LogP contribution in [0.5, 0.6) is 0 Å². The highest BCUT2D eigenvalue weighted by molar-refractivity contribution is 6.36. The lowest BCUT2D eigenvalue weighted by molar-refractivity contribution is -0.120. The van der Waals surface area contributed by atoms with Crippen molar-refractivity contribution in [3.8, 4) is 33.5 Å². The van der Waals surface area contributed by atoms with Crippen LogP contribution in [0.25, 0.3) is 39.2 Å². The van der Waals surface area contributed by atoms with Gasteiger partial charge >= 0.3 is 0 Å². The zero-order valence-corrected chi connectivity index (χ0v) is 28.0. The lowest BCUT2D eigenvalue weighted by Gasteiger charge is -2.16. The van der Waals surface area contributed by atoms with Crippen LogP contribution in [-0.2, 0) is 22.7 Å². The number of amides is 2. The molecule has 0 unspecified atom stereocenters. The molecule has 2 saturated heterocycles. The third-order valence-corrected chi connectivity index (χ3v) is 9.82. The van der Waals surface area contributed by atoms with Crippen LogP contribution in [-0.4, -0.2) is 51.4 Å². The van der Waals surface area contributed by atoms with Gasteiger partial charge in [0.1, 0.15) is 5.65 Å². The minimum absolute atomic E-state index is 0.0738. The van der Waals surface area contributed by atoms with Gasteiger partial charge in [0.25, 0.3) is 5.56 Å². The fraction of sp³-hybridized carbons (Fsp3) is 0.289. The van der Waals surface area contributed by atoms with Gasteiger partial charge in [0.2, 0.25) is 11.8 Å². The maximum Gasteiger partial charge on any atom is 0.262 e. The van der Waals surface area contributed by atoms with Crippen molar-refractivity contribution >= 4 is 29.1 Å². The molecule has 2 aliphatic rings. The standard InChI is InChI=1S/C38H38ClN7O3/c1-23-29(25-14-15-46-34(16-25)43-20-26(38(46)49)19-41-22-28-10-13-36(48)45-28)4-2-5-30(23)31-6-3-7-32(37(31)39)33-11-8-24(18-42-33)17-40-21-27-9-12-35(47)44-27/h2-8,11,14-16,18,20,27-28,40-41H,9-10,12-13,17,19,21-22H2,1H3,(H,44,47)(H,45,48)/t27-,28-/m0/s1. The molecular formula is C38H38ClN7O3. The molecule has 2 fully saturated rings. The molecule has 2 aromatic carbocycles. The van der Waals surface area contributed by atoms with Crippen LogP contribution in [0.1, 0.15) is 42.4 Å². The molecule has 250 valence electrons. The van der Waals surface area contributed by atoms with Gasteiger partial charge in [-0.25, -0.2) is 4.98 Å². The Labute approximate surface area is 289 Å². The lowest BCUT2D eigenvalue weighted by Crippen LogP contribution is -2.36. The largest absolute Gasteiger partial charge is 0.352 e. The second-order valence-corrected chi connectivity index (χ2v) is 13.2. The summed E-state index contributed by atoms with van der Waals surface area (Å²) in [6.07, 6.45) is 8.08. The molecule has 0 aliphatic carbocycles. The van der Waals surface area contributed by atoms with Crippen molar-refractivity contribution in [3.63, 3.8) is 0 Å². The molecule has 3 aromatic heterocycles. The molecular weight excluding hydrogens is 638 g/mol. The Balaban J connectivity index is 1.07. The predicted molar refractivity (Wildman–Crippen MR) is 191 cm³/mol. The fourth-order valence-electron chi connectivity index (χ4n) is 6.70. The predicted octanol–water partition coefficient (Wildman–Crippen LogP) is 4.79. The van der Waals surface area contributed by atoms with E-state index < -0.39 is 0 Å². The van der Waals surface area contributed by atoms with Gasteiger partial charge in [-0.1, -0.05) is 54.1 Å². The third kappa shape index (κ3) is 7.12. The average Bonchev–Trinajstić information content (AvgIpc) is 3.73. The first kappa shape index (κ1) is 32.6. The van der Waals surface area contributed by atoms with Gasteiger partial charge in [-0.3, -0.25) is 23.8 Å². The van der Waals surface area contributed by atoms with E-state index in [2.05, 4.69) is 45.3 Å². The molecule has 10 nitrogen and oxygen atoms in total. The number of hydrogen-bond donors (Lipinski definition) is 4. The van der Waals surface area contributed by atoms with Crippen LogP contribution in [0.3, 0.4) is 0 Å². The Bertz CT molecular complexity index is 2100. The molecule has 49 heavy (non-hydrogen) atoms. The number of fused-ring (bicyclic) bond motifs is 1. The van der Waals surface area contributed by atoms with E-state index in [1.807, 2.05) is 54.7 Å². The van der Waals surface area contributed by atoms with Crippen molar-refractivity contribution < 1.29 is 9.59 Å². The van der Waals surface area contributed by atoms with Gasteiger partial charge in [-0.2, -0.15) is 0 Å². The summed E-state index contributed by atoms with van der Waals surface area (Å²) in [7, 11) is 0. The van der Waals surface area contributed by atoms with Crippen molar-refractivity contribution in [2.75, 3.05) is 13.1 Å². The van der Waals surface area contributed by atoms with Crippen LogP contribution < -0.4 is 26.8 Å². The normalized spacial score (nSPS) is 17.4. The van der Waals surface area contributed by atoms with E-state index in [0.717, 1.165) is 64.0 Å². The molecule has 0 saturated carbocycles. The maximum atomic E-state index is 13.3. The number of nitrogens with zero attached hydrogens (tertiary/aromatic N) is 3. The maximum absolute atomic E-state index is 13.3. The minimum Gasteiger partial charge on any atom is -0.352 e. The van der Waals surface area contributed by atoms with E-state index in [9.17, 15) is 14.4 Å². The summed E-state index contributed by atoms with van der Waals surface area (Å²) in [5, 5.41) is 13.2. The first-order chi connectivity index (χ1) is 23.8. The van der Waals surface area contributed by atoms with Gasteiger partial charge in [0.05, 0.1) is 10.7 Å². The highest BCUT2D eigenvalue weighted by Crippen LogP contribution is 2.39. The van der Waals surface area contributed by atoms with Crippen LogP contribution in [0.4, 0.5) is 0 Å². The van der Waals surface area contributed by atoms with Crippen molar-refractivity contribution in [1.82, 2.24) is 35.6 Å². The Morgan fingerprint density at radius 3 is 2.14 bits per heavy atom. The Morgan fingerprint density at radius 1 is 0.796 bits per heavy atom. The molecule has 2 aliphatic heterocycles. The summed E-state index contributed by atoms with van der Waals surface area (Å²) in [5.41, 5.74) is 8.65. The molecule has 5 heterocycles. The summed E-state index contributed by atoms with van der Waals surface area (Å²) >= 11 is 7.09. The van der Waals surface area contributed by atoms with E-state index >= 15 is 0 Å². The summed E-state index contributed by atoms with van der Waals surface area (Å²) < 4.78 is 1.57. The fourth-order valence-corrected chi connectivity index (χ4v) is 7.03. The summed E-state index contributed by atoms with van der Waals surface area (Å²) in [4.78, 5) is 45.5. The molecule has 2 atom stereocenters. The van der Waals surface area contributed by atoms with E-state index in [4.69, 9.17) is 16.6 Å². The Hall–Kier alpha value is -4.90. The third-order valence-electron chi connectivity index (χ3n) is 9.41. The quantitative estimate of drug-likeness (QED) is 0.159. The van der Waals surface area contributed by atoms with Gasteiger partial charge in [0.15, 0.2) is 0 Å². The lowest BCUT2D eigenvalue weighted by atomic mass is 9.92. The van der Waals surface area contributed by atoms with Crippen LogP contribution >= 0.6 is 11.6 Å². The molecule has 0 radical (unpaired) electrons. The smallest absolute Gasteiger partial charge is 0.262 e. The molecule has 7 rings (SSSR count). The minimum atomic E-state index is -0.120. The molecule has 4 N–H and O–H groups in total. The highest BCUT2D eigenvalue weighted by atomic mass is 35.5. The van der Waals surface area contributed by atoms with Crippen molar-refractivity contribution in [2.24, 2.45) is 0 Å². The number of carbonyl (C=O) groups is 2. The van der Waals surface area contributed by atoms with Gasteiger partial charge < -0.3 is 21.3 Å². The summed E-state index contributed by atoms with van der Waals surface area (Å²) in [6, 6.07) is 20.3. The summed E-state index contributed by atoms with van der Waals surface area (Å²) in [6.45, 7) is 4.47. The number of pyridine rings is 2. The number of nitrogens with one attached hydrogen (secondary N) is 4. The zero-order chi connectivity index (χ0) is 33.9. The summed E-state index contributed by atoms with van der Waals surface area (Å²) in [5.74, 6) is 0.195. The van der Waals surface area contributed by atoms with Gasteiger partial charge in [0, 0.05) is 86.4 Å². The SMILES string of the molecule is Cc1c(-c2ccn3c(=O)c(CNC[C@@H]4CCC(=O)N4)cnc3c2)cccc1-c1cccc(-c2ccc(CNC[C@@H]3CCC(=O)N3)cn2)c1Cl. The van der Waals surface area contributed by atoms with E-state index in [1.165, 1.54) is 0 Å². The molecule has 0 bridgehead atoms. The van der Waals surface area contributed by atoms with Crippen LogP contribution in [0, 0.1) is 6.92 Å². The van der Waals surface area contributed by atoms with E-state index in [0.29, 0.717) is 48.7 Å². The highest BCUT2D eigenvalue weighted by Gasteiger charge is 2.21. The number of rotatable bonds is 11. The van der Waals surface area contributed by atoms with Gasteiger partial charge in [-0.15, -0.1) is 0 Å². The van der Waals surface area contributed by atoms with Crippen molar-refractivity contribution in [1.29, 1.82) is 0 Å². The molecule has 5 aromatic rings. The second-order valence-electron chi connectivity index (χ2n) is 12.8. The topological polar surface area (TPSA) is 130 Å². The Morgan fingerprint density at radius 2 is 1.47 bits per heavy atom. The average molecular weight is 676 g/mol. The zero-order valence-electron chi connectivity index (χ0n) is 27.3. The van der Waals surface area contributed by atoms with Crippen molar-refractivity contribution in [2.45, 2.75) is 57.8 Å². The number of carbonyl (C=O) groups excluding carboxylic acids is 2. The van der Waals surface area contributed by atoms with Gasteiger partial charge in [-0.05, 0) is 65.8 Å². The first-order valence-corrected chi connectivity index (χ1v) is 17.1.